The summed E-state index contributed by atoms with van der Waals surface area (Å²) in [6, 6.07) is 9.34. The summed E-state index contributed by atoms with van der Waals surface area (Å²) in [5.74, 6) is -0.416. The molecule has 1 aromatic carbocycles. The zero-order chi connectivity index (χ0) is 13.7. The average molecular weight is 276 g/mol. The summed E-state index contributed by atoms with van der Waals surface area (Å²) in [7, 11) is 0. The Morgan fingerprint density at radius 3 is 2.89 bits per heavy atom. The lowest BCUT2D eigenvalue weighted by Gasteiger charge is -2.18. The number of cyclic esters (lactones) is 1. The maximum atomic E-state index is 11.9. The topological polar surface area (TPSA) is 59.0 Å². The zero-order valence-electron chi connectivity index (χ0n) is 10.1. The fourth-order valence-corrected chi connectivity index (χ4v) is 2.04. The van der Waals surface area contributed by atoms with Gasteiger partial charge in [0.25, 0.3) is 5.91 Å². The van der Waals surface area contributed by atoms with Gasteiger partial charge in [0, 0.05) is 0 Å². The van der Waals surface area contributed by atoms with Gasteiger partial charge in [-0.25, -0.2) is 14.7 Å². The van der Waals surface area contributed by atoms with Crippen LogP contribution in [-0.4, -0.2) is 41.3 Å². The predicted octanol–water partition coefficient (Wildman–Crippen LogP) is 1.68. The van der Waals surface area contributed by atoms with Gasteiger partial charge in [-0.05, 0) is 24.2 Å². The molecule has 0 unspecified atom stereocenters. The normalized spacial score (nSPS) is 17.8. The molecule has 1 aromatic rings. The number of carbonyl (C=O) groups excluding carboxylic acids is 2. The molecule has 1 fully saturated rings. The first-order valence-electron chi connectivity index (χ1n) is 5.78. The molecule has 2 amide bonds. The van der Waals surface area contributed by atoms with Crippen molar-refractivity contribution in [3.05, 3.63) is 35.9 Å². The van der Waals surface area contributed by atoms with Gasteiger partial charge in [-0.1, -0.05) is 30.3 Å². The number of benzene rings is 1. The van der Waals surface area contributed by atoms with Gasteiger partial charge in [-0.15, -0.1) is 0 Å². The molecule has 0 radical (unpaired) electrons. The smallest absolute Gasteiger partial charge is 0.417 e. The number of ether oxygens (including phenoxy) is 1. The maximum Gasteiger partial charge on any atom is 0.417 e. The number of carbonyl (C=O) groups is 2. The van der Waals surface area contributed by atoms with Gasteiger partial charge >= 0.3 is 6.09 Å². The maximum absolute atomic E-state index is 11.9. The van der Waals surface area contributed by atoms with Crippen molar-refractivity contribution in [3.63, 3.8) is 0 Å². The molecule has 0 spiro atoms. The van der Waals surface area contributed by atoms with E-state index < -0.39 is 12.0 Å². The Balaban J connectivity index is 2.09. The Morgan fingerprint density at radius 2 is 2.21 bits per heavy atom. The van der Waals surface area contributed by atoms with E-state index in [4.69, 9.17) is 4.74 Å². The van der Waals surface area contributed by atoms with Gasteiger partial charge < -0.3 is 4.74 Å². The molecule has 2 rings (SSSR count). The predicted molar refractivity (Wildman–Crippen MR) is 72.0 cm³/mol. The van der Waals surface area contributed by atoms with Crippen molar-refractivity contribution in [2.75, 3.05) is 13.2 Å². The lowest BCUT2D eigenvalue weighted by atomic mass is 10.1. The summed E-state index contributed by atoms with van der Waals surface area (Å²) >= 11 is 4.41. The summed E-state index contributed by atoms with van der Waals surface area (Å²) in [5, 5.41) is 2.11. The van der Waals surface area contributed by atoms with Crippen LogP contribution >= 0.6 is 12.2 Å². The Labute approximate surface area is 115 Å². The fraction of sp³-hybridized carbons (Fsp3) is 0.308. The van der Waals surface area contributed by atoms with Crippen LogP contribution in [0.4, 0.5) is 4.79 Å². The molecule has 6 heteroatoms. The van der Waals surface area contributed by atoms with Gasteiger partial charge in [0.2, 0.25) is 0 Å². The minimum absolute atomic E-state index is 0.177. The molecule has 0 N–H and O–H groups in total. The largest absolute Gasteiger partial charge is 0.447 e. The minimum Gasteiger partial charge on any atom is -0.447 e. The number of hydrogen-bond donors (Lipinski definition) is 0. The van der Waals surface area contributed by atoms with Crippen molar-refractivity contribution in [1.29, 1.82) is 0 Å². The van der Waals surface area contributed by atoms with E-state index >= 15 is 0 Å². The zero-order valence-corrected chi connectivity index (χ0v) is 10.9. The SMILES string of the molecule is O=C(CN=C=S)N1C(=O)OC[C@H]1Cc1ccccc1. The first-order chi connectivity index (χ1) is 9.22. The molecule has 1 atom stereocenters. The quantitative estimate of drug-likeness (QED) is 0.620. The number of imide groups is 1. The molecule has 19 heavy (non-hydrogen) atoms. The second-order valence-corrected chi connectivity index (χ2v) is 4.27. The third-order valence-corrected chi connectivity index (χ3v) is 2.95. The van der Waals surface area contributed by atoms with Crippen molar-refractivity contribution in [3.8, 4) is 0 Å². The van der Waals surface area contributed by atoms with E-state index in [9.17, 15) is 9.59 Å². The lowest BCUT2D eigenvalue weighted by Crippen LogP contribution is -2.41. The molecule has 0 aromatic heterocycles. The van der Waals surface area contributed by atoms with E-state index in [1.54, 1.807) is 0 Å². The summed E-state index contributed by atoms with van der Waals surface area (Å²) < 4.78 is 4.93. The number of rotatable bonds is 4. The highest BCUT2D eigenvalue weighted by Crippen LogP contribution is 2.17. The molecular formula is C13H12N2O3S. The van der Waals surface area contributed by atoms with Crippen molar-refractivity contribution in [1.82, 2.24) is 4.90 Å². The third kappa shape index (κ3) is 3.24. The number of hydrogen-bond acceptors (Lipinski definition) is 5. The molecule has 1 aliphatic heterocycles. The van der Waals surface area contributed by atoms with Crippen molar-refractivity contribution in [2.45, 2.75) is 12.5 Å². The van der Waals surface area contributed by atoms with Crippen molar-refractivity contribution >= 4 is 29.4 Å². The molecule has 1 aliphatic rings. The highest BCUT2D eigenvalue weighted by molar-refractivity contribution is 7.78. The summed E-state index contributed by atoms with van der Waals surface area (Å²) in [6.07, 6.45) is -0.0508. The molecule has 0 saturated carbocycles. The Hall–Kier alpha value is -2.04. The Bertz CT molecular complexity index is 526. The molecular weight excluding hydrogens is 264 g/mol. The van der Waals surface area contributed by atoms with E-state index in [0.717, 1.165) is 10.5 Å². The summed E-state index contributed by atoms with van der Waals surface area (Å²) in [5.41, 5.74) is 1.04. The van der Waals surface area contributed by atoms with Crippen LogP contribution in [0.1, 0.15) is 5.56 Å². The minimum atomic E-state index is -0.620. The molecule has 1 saturated heterocycles. The standard InChI is InChI=1S/C13H12N2O3S/c16-12(7-14-9-19)15-11(8-18-13(15)17)6-10-4-2-1-3-5-10/h1-5,11H,6-8H2/t11-/m1/s1. The van der Waals surface area contributed by atoms with Gasteiger partial charge in [-0.2, -0.15) is 0 Å². The highest BCUT2D eigenvalue weighted by Gasteiger charge is 2.37. The average Bonchev–Trinajstić information content (AvgIpc) is 2.78. The molecule has 1 heterocycles. The van der Waals surface area contributed by atoms with Crippen LogP contribution in [0.25, 0.3) is 0 Å². The molecule has 0 aliphatic carbocycles. The number of isothiocyanates is 1. The van der Waals surface area contributed by atoms with Crippen LogP contribution in [-0.2, 0) is 16.0 Å². The lowest BCUT2D eigenvalue weighted by molar-refractivity contribution is -0.127. The number of thiocarbonyl (C=S) groups is 1. The van der Waals surface area contributed by atoms with E-state index in [-0.39, 0.29) is 19.2 Å². The molecule has 98 valence electrons. The van der Waals surface area contributed by atoms with Gasteiger partial charge in [0.15, 0.2) is 0 Å². The monoisotopic (exact) mass is 276 g/mol. The third-order valence-electron chi connectivity index (χ3n) is 2.82. The summed E-state index contributed by atoms with van der Waals surface area (Å²) in [4.78, 5) is 28.1. The first-order valence-corrected chi connectivity index (χ1v) is 6.19. The van der Waals surface area contributed by atoms with Crippen LogP contribution < -0.4 is 0 Å². The van der Waals surface area contributed by atoms with Crippen LogP contribution in [0.3, 0.4) is 0 Å². The highest BCUT2D eigenvalue weighted by atomic mass is 32.1. The molecule has 0 bridgehead atoms. The van der Waals surface area contributed by atoms with Crippen molar-refractivity contribution < 1.29 is 14.3 Å². The van der Waals surface area contributed by atoms with Gasteiger partial charge in [-0.3, -0.25) is 4.79 Å². The first kappa shape index (κ1) is 13.4. The Kier molecular flexibility index (Phi) is 4.39. The van der Waals surface area contributed by atoms with Crippen LogP contribution in [0.2, 0.25) is 0 Å². The van der Waals surface area contributed by atoms with Crippen LogP contribution in [0.15, 0.2) is 35.3 Å². The Morgan fingerprint density at radius 1 is 1.47 bits per heavy atom. The van der Waals surface area contributed by atoms with E-state index in [0.29, 0.717) is 6.42 Å². The molecule has 5 nitrogen and oxygen atoms in total. The van der Waals surface area contributed by atoms with Gasteiger partial charge in [0.05, 0.1) is 11.2 Å². The van der Waals surface area contributed by atoms with E-state index in [2.05, 4.69) is 22.4 Å². The number of amides is 2. The van der Waals surface area contributed by atoms with Crippen molar-refractivity contribution in [2.24, 2.45) is 4.99 Å². The van der Waals surface area contributed by atoms with Gasteiger partial charge in [0.1, 0.15) is 13.2 Å². The van der Waals surface area contributed by atoms with Crippen LogP contribution in [0, 0.1) is 0 Å². The van der Waals surface area contributed by atoms with E-state index in [1.807, 2.05) is 30.3 Å². The fourth-order valence-electron chi connectivity index (χ4n) is 1.98. The number of nitrogens with zero attached hydrogens (tertiary/aromatic N) is 2. The second kappa shape index (κ2) is 6.22. The number of aliphatic imine (C=N–C) groups is 1. The second-order valence-electron chi connectivity index (χ2n) is 4.09. The van der Waals surface area contributed by atoms with E-state index in [1.165, 1.54) is 0 Å². The van der Waals surface area contributed by atoms with Crippen LogP contribution in [0.5, 0.6) is 0 Å². The summed E-state index contributed by atoms with van der Waals surface area (Å²) in [6.45, 7) is 0.0324.